The minimum atomic E-state index is -0.692. The molecule has 3 aromatic rings. The number of amides is 2. The molecule has 0 saturated carbocycles. The van der Waals surface area contributed by atoms with E-state index in [1.165, 1.54) is 0 Å². The molecule has 6 heteroatoms. The molecule has 3 rings (SSSR count). The predicted molar refractivity (Wildman–Crippen MR) is 131 cm³/mol. The Balaban J connectivity index is 1.88. The third-order valence-corrected chi connectivity index (χ3v) is 5.73. The summed E-state index contributed by atoms with van der Waals surface area (Å²) < 4.78 is 5.89. The molecule has 2 amide bonds. The lowest BCUT2D eigenvalue weighted by molar-refractivity contribution is -0.142. The SMILES string of the molecule is CNC(=O)[C@@H](Cc1ccccc1)N(Cc1ccc(Cl)cc1)C(=O)COc1cc(C)ccc1C. The molecule has 0 radical (unpaired) electrons. The Morgan fingerprint density at radius 2 is 1.67 bits per heavy atom. The fraction of sp³-hybridized carbons (Fsp3) is 0.259. The molecule has 33 heavy (non-hydrogen) atoms. The molecule has 5 nitrogen and oxygen atoms in total. The number of carbonyl (C=O) groups is 2. The fourth-order valence-corrected chi connectivity index (χ4v) is 3.72. The first kappa shape index (κ1) is 24.3. The first-order chi connectivity index (χ1) is 15.9. The van der Waals surface area contributed by atoms with Crippen LogP contribution in [0.1, 0.15) is 22.3 Å². The third-order valence-electron chi connectivity index (χ3n) is 5.48. The van der Waals surface area contributed by atoms with Gasteiger partial charge in [0.1, 0.15) is 11.8 Å². The van der Waals surface area contributed by atoms with E-state index >= 15 is 0 Å². The zero-order chi connectivity index (χ0) is 23.8. The topological polar surface area (TPSA) is 58.6 Å². The Bertz CT molecular complexity index is 1080. The maximum Gasteiger partial charge on any atom is 0.261 e. The lowest BCUT2D eigenvalue weighted by atomic mass is 10.0. The summed E-state index contributed by atoms with van der Waals surface area (Å²) in [4.78, 5) is 27.9. The number of ether oxygens (including phenoxy) is 1. The molecule has 3 aromatic carbocycles. The number of carbonyl (C=O) groups excluding carboxylic acids is 2. The van der Waals surface area contributed by atoms with Crippen molar-refractivity contribution in [2.75, 3.05) is 13.7 Å². The standard InChI is InChI=1S/C27H29ClN2O3/c1-19-9-10-20(2)25(15-19)33-18-26(31)30(17-22-11-13-23(28)14-12-22)24(27(32)29-3)16-21-7-5-4-6-8-21/h4-15,24H,16-18H2,1-3H3,(H,29,32)/t24-/m1/s1. The Morgan fingerprint density at radius 3 is 2.33 bits per heavy atom. The molecule has 0 aromatic heterocycles. The average molecular weight is 465 g/mol. The molecule has 0 saturated heterocycles. The summed E-state index contributed by atoms with van der Waals surface area (Å²) in [5, 5.41) is 3.32. The van der Waals surface area contributed by atoms with Crippen LogP contribution in [0.5, 0.6) is 5.75 Å². The number of halogens is 1. The van der Waals surface area contributed by atoms with Gasteiger partial charge < -0.3 is 15.0 Å². The van der Waals surface area contributed by atoms with Crippen LogP contribution in [0.4, 0.5) is 0 Å². The number of benzene rings is 3. The highest BCUT2D eigenvalue weighted by molar-refractivity contribution is 6.30. The van der Waals surface area contributed by atoms with E-state index in [1.54, 1.807) is 24.1 Å². The summed E-state index contributed by atoms with van der Waals surface area (Å²) in [5.41, 5.74) is 3.84. The van der Waals surface area contributed by atoms with E-state index in [1.807, 2.05) is 74.5 Å². The highest BCUT2D eigenvalue weighted by atomic mass is 35.5. The second-order valence-corrected chi connectivity index (χ2v) is 8.46. The minimum absolute atomic E-state index is 0.167. The van der Waals surface area contributed by atoms with Gasteiger partial charge in [0.25, 0.3) is 5.91 Å². The Labute approximate surface area is 200 Å². The van der Waals surface area contributed by atoms with Crippen LogP contribution in [0.25, 0.3) is 0 Å². The van der Waals surface area contributed by atoms with E-state index in [0.29, 0.717) is 17.2 Å². The van der Waals surface area contributed by atoms with E-state index < -0.39 is 6.04 Å². The van der Waals surface area contributed by atoms with Crippen molar-refractivity contribution in [3.05, 3.63) is 100 Å². The summed E-state index contributed by atoms with van der Waals surface area (Å²) >= 11 is 6.03. The van der Waals surface area contributed by atoms with Gasteiger partial charge in [0.15, 0.2) is 6.61 Å². The van der Waals surface area contributed by atoms with Crippen molar-refractivity contribution in [3.8, 4) is 5.75 Å². The first-order valence-corrected chi connectivity index (χ1v) is 11.2. The van der Waals surface area contributed by atoms with E-state index in [2.05, 4.69) is 5.32 Å². The van der Waals surface area contributed by atoms with Gasteiger partial charge in [-0.25, -0.2) is 0 Å². The van der Waals surface area contributed by atoms with Crippen molar-refractivity contribution in [1.82, 2.24) is 10.2 Å². The summed E-state index contributed by atoms with van der Waals surface area (Å²) in [6.07, 6.45) is 0.392. The Kier molecular flexibility index (Phi) is 8.50. The number of rotatable bonds is 9. The van der Waals surface area contributed by atoms with Gasteiger partial charge in [0, 0.05) is 25.0 Å². The first-order valence-electron chi connectivity index (χ1n) is 10.9. The second kappa shape index (κ2) is 11.5. The highest BCUT2D eigenvalue weighted by Crippen LogP contribution is 2.21. The molecule has 0 aliphatic carbocycles. The van der Waals surface area contributed by atoms with Gasteiger partial charge in [-0.2, -0.15) is 0 Å². The molecule has 0 spiro atoms. The van der Waals surface area contributed by atoms with Gasteiger partial charge in [0.2, 0.25) is 5.91 Å². The Hall–Kier alpha value is -3.31. The zero-order valence-corrected chi connectivity index (χ0v) is 19.9. The van der Waals surface area contributed by atoms with Gasteiger partial charge in [-0.15, -0.1) is 0 Å². The van der Waals surface area contributed by atoms with Crippen molar-refractivity contribution in [2.45, 2.75) is 32.9 Å². The van der Waals surface area contributed by atoms with Crippen LogP contribution >= 0.6 is 11.6 Å². The summed E-state index contributed by atoms with van der Waals surface area (Å²) in [5.74, 6) is 0.164. The van der Waals surface area contributed by atoms with Crippen LogP contribution in [0.15, 0.2) is 72.8 Å². The van der Waals surface area contributed by atoms with E-state index in [9.17, 15) is 9.59 Å². The number of aryl methyl sites for hydroxylation is 2. The molecule has 172 valence electrons. The monoisotopic (exact) mass is 464 g/mol. The fourth-order valence-electron chi connectivity index (χ4n) is 3.59. The predicted octanol–water partition coefficient (Wildman–Crippen LogP) is 4.72. The highest BCUT2D eigenvalue weighted by Gasteiger charge is 2.30. The molecule has 0 aliphatic heterocycles. The number of nitrogens with zero attached hydrogens (tertiary/aromatic N) is 1. The maximum atomic E-state index is 13.4. The third kappa shape index (κ3) is 6.83. The number of likely N-dealkylation sites (N-methyl/N-ethyl adjacent to an activating group) is 1. The zero-order valence-electron chi connectivity index (χ0n) is 19.2. The van der Waals surface area contributed by atoms with Crippen LogP contribution in [0.3, 0.4) is 0 Å². The second-order valence-electron chi connectivity index (χ2n) is 8.03. The van der Waals surface area contributed by atoms with Crippen molar-refractivity contribution in [1.29, 1.82) is 0 Å². The Morgan fingerprint density at radius 1 is 0.970 bits per heavy atom. The molecule has 0 aliphatic rings. The van der Waals surface area contributed by atoms with Gasteiger partial charge in [-0.1, -0.05) is 66.2 Å². The van der Waals surface area contributed by atoms with E-state index in [-0.39, 0.29) is 25.0 Å². The van der Waals surface area contributed by atoms with Crippen molar-refractivity contribution >= 4 is 23.4 Å². The lowest BCUT2D eigenvalue weighted by Gasteiger charge is -2.31. The molecule has 1 N–H and O–H groups in total. The molecular weight excluding hydrogens is 436 g/mol. The average Bonchev–Trinajstić information content (AvgIpc) is 2.83. The van der Waals surface area contributed by atoms with Crippen LogP contribution in [-0.2, 0) is 22.6 Å². The van der Waals surface area contributed by atoms with Gasteiger partial charge in [0.05, 0.1) is 0 Å². The normalized spacial score (nSPS) is 11.5. The van der Waals surface area contributed by atoms with Crippen molar-refractivity contribution < 1.29 is 14.3 Å². The number of nitrogens with one attached hydrogen (secondary N) is 1. The summed E-state index contributed by atoms with van der Waals surface area (Å²) in [6.45, 7) is 4.01. The minimum Gasteiger partial charge on any atom is -0.483 e. The quantitative estimate of drug-likeness (QED) is 0.498. The molecular formula is C27H29ClN2O3. The summed E-state index contributed by atoms with van der Waals surface area (Å²) in [7, 11) is 1.58. The van der Waals surface area contributed by atoms with E-state index in [4.69, 9.17) is 16.3 Å². The largest absolute Gasteiger partial charge is 0.483 e. The molecule has 0 bridgehead atoms. The van der Waals surface area contributed by atoms with Crippen LogP contribution in [0, 0.1) is 13.8 Å². The molecule has 1 atom stereocenters. The van der Waals surface area contributed by atoms with Crippen molar-refractivity contribution in [3.63, 3.8) is 0 Å². The number of hydrogen-bond donors (Lipinski definition) is 1. The smallest absolute Gasteiger partial charge is 0.261 e. The van der Waals surface area contributed by atoms with Crippen LogP contribution < -0.4 is 10.1 Å². The summed E-state index contributed by atoms with van der Waals surface area (Å²) in [6, 6.07) is 22.1. The van der Waals surface area contributed by atoms with Gasteiger partial charge in [-0.3, -0.25) is 9.59 Å². The number of hydrogen-bond acceptors (Lipinski definition) is 3. The van der Waals surface area contributed by atoms with Gasteiger partial charge in [-0.05, 0) is 54.3 Å². The van der Waals surface area contributed by atoms with Crippen LogP contribution in [0.2, 0.25) is 5.02 Å². The van der Waals surface area contributed by atoms with Gasteiger partial charge >= 0.3 is 0 Å². The molecule has 0 heterocycles. The van der Waals surface area contributed by atoms with E-state index in [0.717, 1.165) is 22.3 Å². The van der Waals surface area contributed by atoms with Crippen molar-refractivity contribution in [2.24, 2.45) is 0 Å². The van der Waals surface area contributed by atoms with Crippen LogP contribution in [-0.4, -0.2) is 36.4 Å². The lowest BCUT2D eigenvalue weighted by Crippen LogP contribution is -2.51. The molecule has 0 fully saturated rings. The maximum absolute atomic E-state index is 13.4. The molecule has 0 unspecified atom stereocenters.